The molecule has 0 aromatic heterocycles. The highest BCUT2D eigenvalue weighted by Crippen LogP contribution is 2.49. The van der Waals surface area contributed by atoms with Crippen LogP contribution in [0.2, 0.25) is 0 Å². The summed E-state index contributed by atoms with van der Waals surface area (Å²) in [7, 11) is 0. The fourth-order valence-corrected chi connectivity index (χ4v) is 4.52. The van der Waals surface area contributed by atoms with Crippen LogP contribution in [0.25, 0.3) is 0 Å². The van der Waals surface area contributed by atoms with E-state index in [0.29, 0.717) is 5.54 Å². The molecule has 0 unspecified atom stereocenters. The molecule has 2 atom stereocenters. The molecule has 1 nitrogen and oxygen atoms in total. The maximum Gasteiger partial charge on any atom is 0.0398 e. The Labute approximate surface area is 99.9 Å². The molecular weight excluding hydrogens is 194 g/mol. The minimum atomic E-state index is 0.476. The first-order valence-electron chi connectivity index (χ1n) is 7.20. The van der Waals surface area contributed by atoms with E-state index in [2.05, 4.69) is 18.7 Å². The SMILES string of the molecule is CCC[C@H]1CN2CCC3=C(CCC3)[C@]2(C)C1. The summed E-state index contributed by atoms with van der Waals surface area (Å²) in [6.45, 7) is 7.58. The Morgan fingerprint density at radius 1 is 1.31 bits per heavy atom. The van der Waals surface area contributed by atoms with Gasteiger partial charge in [-0.05, 0) is 51.4 Å². The highest BCUT2D eigenvalue weighted by molar-refractivity contribution is 5.34. The van der Waals surface area contributed by atoms with Crippen LogP contribution in [0.3, 0.4) is 0 Å². The molecule has 3 rings (SSSR count). The minimum absolute atomic E-state index is 0.476. The average molecular weight is 219 g/mol. The third kappa shape index (κ3) is 1.48. The van der Waals surface area contributed by atoms with Crippen molar-refractivity contribution >= 4 is 0 Å². The second-order valence-electron chi connectivity index (χ2n) is 6.26. The zero-order valence-electron chi connectivity index (χ0n) is 10.9. The lowest BCUT2D eigenvalue weighted by atomic mass is 9.81. The van der Waals surface area contributed by atoms with Crippen molar-refractivity contribution in [3.05, 3.63) is 11.1 Å². The molecule has 90 valence electrons. The highest BCUT2D eigenvalue weighted by atomic mass is 15.2. The molecule has 1 aliphatic carbocycles. The van der Waals surface area contributed by atoms with Crippen molar-refractivity contribution < 1.29 is 0 Å². The van der Waals surface area contributed by atoms with Crippen LogP contribution in [0, 0.1) is 5.92 Å². The summed E-state index contributed by atoms with van der Waals surface area (Å²) in [5, 5.41) is 0. The molecule has 0 aromatic carbocycles. The molecule has 2 heterocycles. The van der Waals surface area contributed by atoms with Crippen LogP contribution in [-0.4, -0.2) is 23.5 Å². The maximum absolute atomic E-state index is 2.80. The van der Waals surface area contributed by atoms with E-state index in [1.54, 1.807) is 0 Å². The van der Waals surface area contributed by atoms with E-state index in [1.807, 2.05) is 11.1 Å². The van der Waals surface area contributed by atoms with Gasteiger partial charge in [-0.2, -0.15) is 0 Å². The van der Waals surface area contributed by atoms with Crippen LogP contribution in [0.15, 0.2) is 11.1 Å². The van der Waals surface area contributed by atoms with Gasteiger partial charge in [0.15, 0.2) is 0 Å². The monoisotopic (exact) mass is 219 g/mol. The Kier molecular flexibility index (Phi) is 2.62. The van der Waals surface area contributed by atoms with Gasteiger partial charge in [0, 0.05) is 18.6 Å². The minimum Gasteiger partial charge on any atom is -0.294 e. The third-order valence-electron chi connectivity index (χ3n) is 5.23. The Morgan fingerprint density at radius 2 is 2.19 bits per heavy atom. The molecule has 0 saturated carbocycles. The molecule has 0 amide bonds. The summed E-state index contributed by atoms with van der Waals surface area (Å²) in [4.78, 5) is 2.80. The number of hydrogen-bond donors (Lipinski definition) is 0. The average Bonchev–Trinajstić information content (AvgIpc) is 2.81. The topological polar surface area (TPSA) is 3.24 Å². The van der Waals surface area contributed by atoms with E-state index in [0.717, 1.165) is 5.92 Å². The van der Waals surface area contributed by atoms with Gasteiger partial charge in [-0.15, -0.1) is 0 Å². The van der Waals surface area contributed by atoms with Gasteiger partial charge in [-0.25, -0.2) is 0 Å². The Hall–Kier alpha value is -0.300. The maximum atomic E-state index is 2.80. The van der Waals surface area contributed by atoms with Crippen LogP contribution >= 0.6 is 0 Å². The Bertz CT molecular complexity index is 317. The smallest absolute Gasteiger partial charge is 0.0398 e. The first-order chi connectivity index (χ1) is 7.74. The van der Waals surface area contributed by atoms with Gasteiger partial charge >= 0.3 is 0 Å². The van der Waals surface area contributed by atoms with Crippen LogP contribution in [0.1, 0.15) is 58.8 Å². The predicted molar refractivity (Wildman–Crippen MR) is 68.5 cm³/mol. The van der Waals surface area contributed by atoms with Crippen LogP contribution in [-0.2, 0) is 0 Å². The number of hydrogen-bond acceptors (Lipinski definition) is 1. The first-order valence-corrected chi connectivity index (χ1v) is 7.20. The molecule has 16 heavy (non-hydrogen) atoms. The molecule has 1 heteroatoms. The van der Waals surface area contributed by atoms with Gasteiger partial charge in [0.2, 0.25) is 0 Å². The molecule has 2 aliphatic heterocycles. The van der Waals surface area contributed by atoms with Crippen LogP contribution in [0.5, 0.6) is 0 Å². The van der Waals surface area contributed by atoms with Crippen molar-refractivity contribution in [2.24, 2.45) is 5.92 Å². The first kappa shape index (κ1) is 10.8. The summed E-state index contributed by atoms with van der Waals surface area (Å²) >= 11 is 0. The van der Waals surface area contributed by atoms with E-state index in [-0.39, 0.29) is 0 Å². The van der Waals surface area contributed by atoms with Crippen molar-refractivity contribution in [2.45, 2.75) is 64.3 Å². The Morgan fingerprint density at radius 3 is 3.00 bits per heavy atom. The molecule has 0 radical (unpaired) electrons. The Balaban J connectivity index is 1.85. The van der Waals surface area contributed by atoms with Gasteiger partial charge in [0.1, 0.15) is 0 Å². The normalized spacial score (nSPS) is 39.0. The molecule has 0 aromatic rings. The number of nitrogens with zero attached hydrogens (tertiary/aromatic N) is 1. The molecule has 0 bridgehead atoms. The molecular formula is C15H25N. The van der Waals surface area contributed by atoms with E-state index in [4.69, 9.17) is 0 Å². The van der Waals surface area contributed by atoms with E-state index < -0.39 is 0 Å². The van der Waals surface area contributed by atoms with Crippen molar-refractivity contribution in [1.82, 2.24) is 4.90 Å². The summed E-state index contributed by atoms with van der Waals surface area (Å²) in [6, 6.07) is 0. The summed E-state index contributed by atoms with van der Waals surface area (Å²) < 4.78 is 0. The van der Waals surface area contributed by atoms with E-state index in [9.17, 15) is 0 Å². The van der Waals surface area contributed by atoms with E-state index >= 15 is 0 Å². The fraction of sp³-hybridized carbons (Fsp3) is 0.867. The summed E-state index contributed by atoms with van der Waals surface area (Å²) in [6.07, 6.45) is 9.88. The third-order valence-corrected chi connectivity index (χ3v) is 5.23. The lowest BCUT2D eigenvalue weighted by molar-refractivity contribution is 0.176. The van der Waals surface area contributed by atoms with Gasteiger partial charge < -0.3 is 0 Å². The number of fused-ring (bicyclic) bond motifs is 2. The largest absolute Gasteiger partial charge is 0.294 e. The zero-order valence-corrected chi connectivity index (χ0v) is 10.9. The van der Waals surface area contributed by atoms with Crippen LogP contribution in [0.4, 0.5) is 0 Å². The second kappa shape index (κ2) is 3.87. The van der Waals surface area contributed by atoms with Crippen molar-refractivity contribution in [2.75, 3.05) is 13.1 Å². The quantitative estimate of drug-likeness (QED) is 0.639. The summed E-state index contributed by atoms with van der Waals surface area (Å²) in [5.41, 5.74) is 4.18. The molecule has 0 N–H and O–H groups in total. The fourth-order valence-electron chi connectivity index (χ4n) is 4.52. The van der Waals surface area contributed by atoms with Crippen molar-refractivity contribution in [3.63, 3.8) is 0 Å². The lowest BCUT2D eigenvalue weighted by Gasteiger charge is -2.41. The highest BCUT2D eigenvalue weighted by Gasteiger charge is 2.47. The molecule has 3 aliphatic rings. The molecule has 1 fully saturated rings. The summed E-state index contributed by atoms with van der Waals surface area (Å²) in [5.74, 6) is 0.974. The molecule has 0 spiro atoms. The molecule has 1 saturated heterocycles. The zero-order chi connectivity index (χ0) is 11.2. The van der Waals surface area contributed by atoms with Crippen molar-refractivity contribution in [1.29, 1.82) is 0 Å². The van der Waals surface area contributed by atoms with Gasteiger partial charge in [0.05, 0.1) is 0 Å². The van der Waals surface area contributed by atoms with Gasteiger partial charge in [0.25, 0.3) is 0 Å². The lowest BCUT2D eigenvalue weighted by Crippen LogP contribution is -2.45. The van der Waals surface area contributed by atoms with Crippen molar-refractivity contribution in [3.8, 4) is 0 Å². The van der Waals surface area contributed by atoms with Gasteiger partial charge in [-0.1, -0.05) is 24.5 Å². The van der Waals surface area contributed by atoms with Gasteiger partial charge in [-0.3, -0.25) is 4.90 Å². The van der Waals surface area contributed by atoms with Crippen LogP contribution < -0.4 is 0 Å². The standard InChI is InChI=1S/C15H25N/c1-3-5-12-10-15(2)14-7-4-6-13(14)8-9-16(15)11-12/h12H,3-11H2,1-2H3/t12-,15+/m1/s1. The second-order valence-corrected chi connectivity index (χ2v) is 6.26. The predicted octanol–water partition coefficient (Wildman–Crippen LogP) is 3.75. The number of rotatable bonds is 2. The van der Waals surface area contributed by atoms with E-state index in [1.165, 1.54) is 58.0 Å².